The molecule has 130 valence electrons. The Morgan fingerprint density at radius 3 is 2.92 bits per heavy atom. The molecular weight excluding hydrogens is 349 g/mol. The van der Waals surface area contributed by atoms with Crippen LogP contribution >= 0.6 is 24.0 Å². The van der Waals surface area contributed by atoms with Crippen LogP contribution in [-0.2, 0) is 11.3 Å². The number of nitrogens with zero attached hydrogens (tertiary/aromatic N) is 2. The zero-order chi connectivity index (χ0) is 16.4. The van der Waals surface area contributed by atoms with Crippen molar-refractivity contribution in [1.82, 2.24) is 14.9 Å². The number of hydrogen-bond acceptors (Lipinski definition) is 4. The third kappa shape index (κ3) is 4.15. The number of benzene rings is 1. The number of carbonyl (C=O) groups excluding carboxylic acids is 1. The Hall–Kier alpha value is -1.43. The topological polar surface area (TPSA) is 64.0 Å². The van der Waals surface area contributed by atoms with Gasteiger partial charge in [0.1, 0.15) is 0 Å². The number of carbonyl (C=O) groups is 1. The van der Waals surface area contributed by atoms with Crippen molar-refractivity contribution in [3.05, 3.63) is 39.4 Å². The van der Waals surface area contributed by atoms with Gasteiger partial charge < -0.3 is 5.32 Å². The zero-order valence-electron chi connectivity index (χ0n) is 13.5. The van der Waals surface area contributed by atoms with Gasteiger partial charge in [0.2, 0.25) is 0 Å². The maximum atomic E-state index is 12.6. The van der Waals surface area contributed by atoms with Gasteiger partial charge in [0.15, 0.2) is 5.78 Å². The minimum atomic E-state index is -0.217. The number of Topliss-reactive ketones (excluding diaryl/α,β-unsaturated/α-hetero) is 1. The summed E-state index contributed by atoms with van der Waals surface area (Å²) >= 11 is 6.03. The number of halogens is 2. The van der Waals surface area contributed by atoms with Crippen molar-refractivity contribution in [2.75, 3.05) is 6.54 Å². The summed E-state index contributed by atoms with van der Waals surface area (Å²) in [4.78, 5) is 29.1. The van der Waals surface area contributed by atoms with E-state index in [9.17, 15) is 9.59 Å². The van der Waals surface area contributed by atoms with E-state index in [1.165, 1.54) is 17.3 Å². The van der Waals surface area contributed by atoms with Crippen LogP contribution in [0.3, 0.4) is 0 Å². The average molecular weight is 370 g/mol. The van der Waals surface area contributed by atoms with Gasteiger partial charge in [-0.1, -0.05) is 18.0 Å². The summed E-state index contributed by atoms with van der Waals surface area (Å²) in [5, 5.41) is 4.32. The molecule has 1 N–H and O–H groups in total. The molecule has 1 unspecified atom stereocenters. The molecule has 0 bridgehead atoms. The molecule has 0 aliphatic carbocycles. The monoisotopic (exact) mass is 369 g/mol. The lowest BCUT2D eigenvalue weighted by atomic mass is 10.00. The summed E-state index contributed by atoms with van der Waals surface area (Å²) < 4.78 is 1.38. The Morgan fingerprint density at radius 2 is 2.21 bits per heavy atom. The van der Waals surface area contributed by atoms with E-state index in [0.29, 0.717) is 22.3 Å². The summed E-state index contributed by atoms with van der Waals surface area (Å²) in [5.41, 5.74) is 1.28. The molecule has 7 heteroatoms. The molecule has 1 aromatic heterocycles. The number of hydrogen-bond donors (Lipinski definition) is 1. The fourth-order valence-corrected chi connectivity index (χ4v) is 3.42. The van der Waals surface area contributed by atoms with Crippen LogP contribution in [0.4, 0.5) is 0 Å². The van der Waals surface area contributed by atoms with E-state index in [4.69, 9.17) is 11.6 Å². The van der Waals surface area contributed by atoms with Gasteiger partial charge in [-0.25, -0.2) is 4.98 Å². The maximum absolute atomic E-state index is 12.6. The third-order valence-electron chi connectivity index (χ3n) is 4.32. The lowest BCUT2D eigenvalue weighted by molar-refractivity contribution is -0.120. The van der Waals surface area contributed by atoms with Gasteiger partial charge in [-0.3, -0.25) is 14.2 Å². The first-order chi connectivity index (χ1) is 11.0. The largest absolute Gasteiger partial charge is 0.314 e. The molecule has 2 heterocycles. The van der Waals surface area contributed by atoms with Crippen LogP contribution in [0.5, 0.6) is 0 Å². The lowest BCUT2D eigenvalue weighted by Gasteiger charge is -2.22. The molecule has 1 fully saturated rings. The standard InChI is InChI=1S/C17H20ClN3O2.ClH/c1-11-6-12(18)7-15-16(11)20-10-21(17(15)23)9-14(22)8-13-4-2-3-5-19-13;/h6-7,10,13,19H,2-5,8-9H2,1H3;1H. The minimum Gasteiger partial charge on any atom is -0.314 e. The van der Waals surface area contributed by atoms with Crippen LogP contribution in [0.15, 0.2) is 23.3 Å². The predicted molar refractivity (Wildman–Crippen MR) is 98.3 cm³/mol. The number of fused-ring (bicyclic) bond motifs is 1. The first-order valence-electron chi connectivity index (χ1n) is 7.95. The fraction of sp³-hybridized carbons (Fsp3) is 0.471. The zero-order valence-corrected chi connectivity index (χ0v) is 15.1. The highest BCUT2D eigenvalue weighted by Crippen LogP contribution is 2.19. The molecule has 0 radical (unpaired) electrons. The Labute approximate surface area is 151 Å². The second kappa shape index (κ2) is 8.10. The quantitative estimate of drug-likeness (QED) is 0.899. The van der Waals surface area contributed by atoms with Gasteiger partial charge >= 0.3 is 0 Å². The van der Waals surface area contributed by atoms with Crippen LogP contribution in [0, 0.1) is 6.92 Å². The van der Waals surface area contributed by atoms with Crippen molar-refractivity contribution in [3.63, 3.8) is 0 Å². The second-order valence-electron chi connectivity index (χ2n) is 6.19. The predicted octanol–water partition coefficient (Wildman–Crippen LogP) is 2.88. The number of aromatic nitrogens is 2. The lowest BCUT2D eigenvalue weighted by Crippen LogP contribution is -2.37. The molecule has 0 amide bonds. The van der Waals surface area contributed by atoms with Gasteiger partial charge in [0, 0.05) is 17.5 Å². The minimum absolute atomic E-state index is 0. The van der Waals surface area contributed by atoms with E-state index in [-0.39, 0.29) is 36.3 Å². The first kappa shape index (κ1) is 18.9. The summed E-state index contributed by atoms with van der Waals surface area (Å²) in [7, 11) is 0. The molecule has 24 heavy (non-hydrogen) atoms. The SMILES string of the molecule is Cc1cc(Cl)cc2c(=O)n(CC(=O)CC3CCCCN3)cnc12.Cl. The third-order valence-corrected chi connectivity index (χ3v) is 4.53. The average Bonchev–Trinajstić information content (AvgIpc) is 2.51. The van der Waals surface area contributed by atoms with E-state index in [2.05, 4.69) is 10.3 Å². The molecule has 1 saturated heterocycles. The summed E-state index contributed by atoms with van der Waals surface area (Å²) in [5.74, 6) is 0.0476. The van der Waals surface area contributed by atoms with Gasteiger partial charge in [0.25, 0.3) is 5.56 Å². The van der Waals surface area contributed by atoms with Crippen molar-refractivity contribution < 1.29 is 4.79 Å². The van der Waals surface area contributed by atoms with Crippen molar-refractivity contribution >= 4 is 40.7 Å². The number of piperidine rings is 1. The van der Waals surface area contributed by atoms with E-state index in [1.807, 2.05) is 6.92 Å². The Balaban J connectivity index is 0.00000208. The number of ketones is 1. The second-order valence-corrected chi connectivity index (χ2v) is 6.62. The smallest absolute Gasteiger partial charge is 0.261 e. The van der Waals surface area contributed by atoms with Crippen molar-refractivity contribution in [1.29, 1.82) is 0 Å². The van der Waals surface area contributed by atoms with Crippen LogP contribution in [0.1, 0.15) is 31.2 Å². The van der Waals surface area contributed by atoms with Crippen molar-refractivity contribution in [2.24, 2.45) is 0 Å². The van der Waals surface area contributed by atoms with E-state index in [1.54, 1.807) is 12.1 Å². The molecule has 1 aliphatic rings. The molecule has 3 rings (SSSR count). The normalized spacial score (nSPS) is 17.5. The fourth-order valence-electron chi connectivity index (χ4n) is 3.14. The van der Waals surface area contributed by atoms with Crippen LogP contribution in [0.2, 0.25) is 5.02 Å². The van der Waals surface area contributed by atoms with Gasteiger partial charge in [-0.2, -0.15) is 0 Å². The van der Waals surface area contributed by atoms with E-state index >= 15 is 0 Å². The number of nitrogens with one attached hydrogen (secondary N) is 1. The highest BCUT2D eigenvalue weighted by Gasteiger charge is 2.17. The first-order valence-corrected chi connectivity index (χ1v) is 8.33. The highest BCUT2D eigenvalue weighted by atomic mass is 35.5. The molecule has 5 nitrogen and oxygen atoms in total. The molecule has 0 saturated carbocycles. The van der Waals surface area contributed by atoms with E-state index in [0.717, 1.165) is 24.9 Å². The molecule has 0 spiro atoms. The molecule has 1 atom stereocenters. The Kier molecular flexibility index (Phi) is 6.38. The Bertz CT molecular complexity index is 798. The van der Waals surface area contributed by atoms with Gasteiger partial charge in [0.05, 0.1) is 23.8 Å². The molecule has 2 aromatic rings. The van der Waals surface area contributed by atoms with E-state index < -0.39 is 0 Å². The molecular formula is C17H21Cl2N3O2. The number of rotatable bonds is 4. The van der Waals surface area contributed by atoms with Crippen molar-refractivity contribution in [3.8, 4) is 0 Å². The molecule has 1 aromatic carbocycles. The Morgan fingerprint density at radius 1 is 1.42 bits per heavy atom. The van der Waals surface area contributed by atoms with Crippen LogP contribution < -0.4 is 10.9 Å². The summed E-state index contributed by atoms with van der Waals surface area (Å²) in [6, 6.07) is 3.63. The summed E-state index contributed by atoms with van der Waals surface area (Å²) in [6.45, 7) is 2.89. The number of aryl methyl sites for hydroxylation is 1. The van der Waals surface area contributed by atoms with Crippen LogP contribution in [0.25, 0.3) is 10.9 Å². The van der Waals surface area contributed by atoms with Gasteiger partial charge in [-0.05, 0) is 44.0 Å². The summed E-state index contributed by atoms with van der Waals surface area (Å²) in [6.07, 6.45) is 5.25. The van der Waals surface area contributed by atoms with Crippen LogP contribution in [-0.4, -0.2) is 27.9 Å². The maximum Gasteiger partial charge on any atom is 0.261 e. The van der Waals surface area contributed by atoms with Gasteiger partial charge in [-0.15, -0.1) is 12.4 Å². The molecule has 1 aliphatic heterocycles. The highest BCUT2D eigenvalue weighted by molar-refractivity contribution is 6.31. The van der Waals surface area contributed by atoms with Crippen molar-refractivity contribution in [2.45, 2.75) is 45.2 Å².